The molecule has 0 N–H and O–H groups in total. The van der Waals surface area contributed by atoms with Crippen LogP contribution in [0.4, 0.5) is 0 Å². The number of aromatic nitrogens is 4. The molecule has 18 heavy (non-hydrogen) atoms. The highest BCUT2D eigenvalue weighted by molar-refractivity contribution is 5.92. The molecule has 0 spiro atoms. The molecule has 0 radical (unpaired) electrons. The largest absolute Gasteiger partial charge is 0.314 e. The molecule has 0 saturated carbocycles. The minimum absolute atomic E-state index is 0.878. The molecule has 2 aromatic heterocycles. The van der Waals surface area contributed by atoms with Crippen molar-refractivity contribution < 1.29 is 0 Å². The number of pyridine rings is 1. The average molecular weight is 238 g/mol. The van der Waals surface area contributed by atoms with Crippen molar-refractivity contribution in [2.75, 3.05) is 0 Å². The van der Waals surface area contributed by atoms with Gasteiger partial charge in [0.05, 0.1) is 5.52 Å². The molecule has 3 rings (SSSR count). The van der Waals surface area contributed by atoms with Crippen molar-refractivity contribution in [3.8, 4) is 11.4 Å². The molecule has 4 nitrogen and oxygen atoms in total. The van der Waals surface area contributed by atoms with E-state index in [1.54, 1.807) is 0 Å². The van der Waals surface area contributed by atoms with Crippen molar-refractivity contribution in [2.24, 2.45) is 7.05 Å². The summed E-state index contributed by atoms with van der Waals surface area (Å²) in [7, 11) is 1.98. The van der Waals surface area contributed by atoms with Gasteiger partial charge in [-0.2, -0.15) is 0 Å². The molecule has 1 aromatic carbocycles. The summed E-state index contributed by atoms with van der Waals surface area (Å²) >= 11 is 0. The van der Waals surface area contributed by atoms with E-state index in [9.17, 15) is 0 Å². The Bertz CT molecular complexity index is 728. The van der Waals surface area contributed by atoms with Gasteiger partial charge in [0.25, 0.3) is 0 Å². The maximum absolute atomic E-state index is 4.54. The molecule has 0 aliphatic heterocycles. The predicted molar refractivity (Wildman–Crippen MR) is 71.2 cm³/mol. The fraction of sp³-hybridized carbons (Fsp3) is 0.214. The Morgan fingerprint density at radius 3 is 2.56 bits per heavy atom. The van der Waals surface area contributed by atoms with Crippen molar-refractivity contribution >= 4 is 10.9 Å². The third-order valence-corrected chi connectivity index (χ3v) is 3.20. The lowest BCUT2D eigenvalue weighted by Crippen LogP contribution is -1.96. The Balaban J connectivity index is 2.33. The second-order valence-corrected chi connectivity index (χ2v) is 4.45. The van der Waals surface area contributed by atoms with Crippen LogP contribution < -0.4 is 0 Å². The van der Waals surface area contributed by atoms with Gasteiger partial charge in [0, 0.05) is 23.7 Å². The van der Waals surface area contributed by atoms with E-state index in [4.69, 9.17) is 0 Å². The average Bonchev–Trinajstić information content (AvgIpc) is 2.69. The van der Waals surface area contributed by atoms with Crippen LogP contribution in [0.3, 0.4) is 0 Å². The zero-order valence-corrected chi connectivity index (χ0v) is 10.7. The van der Waals surface area contributed by atoms with Gasteiger partial charge < -0.3 is 4.57 Å². The molecule has 0 aliphatic carbocycles. The maximum atomic E-state index is 4.54. The highest BCUT2D eigenvalue weighted by atomic mass is 15.3. The monoisotopic (exact) mass is 238 g/mol. The Labute approximate surface area is 105 Å². The van der Waals surface area contributed by atoms with E-state index in [0.29, 0.717) is 0 Å². The van der Waals surface area contributed by atoms with Crippen LogP contribution in [0.25, 0.3) is 22.3 Å². The molecule has 3 aromatic rings. The summed E-state index contributed by atoms with van der Waals surface area (Å²) in [6.45, 7) is 3.95. The number of rotatable bonds is 1. The first-order valence-electron chi connectivity index (χ1n) is 5.89. The van der Waals surface area contributed by atoms with Gasteiger partial charge in [-0.15, -0.1) is 10.2 Å². The van der Waals surface area contributed by atoms with Gasteiger partial charge in [0.2, 0.25) is 0 Å². The highest BCUT2D eigenvalue weighted by Gasteiger charge is 2.11. The summed E-state index contributed by atoms with van der Waals surface area (Å²) in [5.74, 6) is 1.78. The number of aryl methyl sites for hydroxylation is 2. The molecular formula is C14H14N4. The first-order valence-corrected chi connectivity index (χ1v) is 5.89. The third-order valence-electron chi connectivity index (χ3n) is 3.20. The van der Waals surface area contributed by atoms with Gasteiger partial charge in [-0.25, -0.2) is 0 Å². The van der Waals surface area contributed by atoms with Crippen molar-refractivity contribution in [3.63, 3.8) is 0 Å². The predicted octanol–water partition coefficient (Wildman–Crippen LogP) is 2.65. The van der Waals surface area contributed by atoms with Crippen LogP contribution >= 0.6 is 0 Å². The van der Waals surface area contributed by atoms with Crippen molar-refractivity contribution in [1.82, 2.24) is 19.7 Å². The number of benzene rings is 1. The van der Waals surface area contributed by atoms with Crippen molar-refractivity contribution in [3.05, 3.63) is 41.9 Å². The summed E-state index contributed by atoms with van der Waals surface area (Å²) in [4.78, 5) is 4.54. The van der Waals surface area contributed by atoms with E-state index in [0.717, 1.165) is 33.8 Å². The second-order valence-electron chi connectivity index (χ2n) is 4.45. The number of fused-ring (bicyclic) bond motifs is 1. The summed E-state index contributed by atoms with van der Waals surface area (Å²) in [6.07, 6.45) is 0. The normalized spacial score (nSPS) is 11.1. The fourth-order valence-corrected chi connectivity index (χ4v) is 2.09. The van der Waals surface area contributed by atoms with Crippen LogP contribution in [0.1, 0.15) is 11.5 Å². The zero-order chi connectivity index (χ0) is 12.7. The minimum Gasteiger partial charge on any atom is -0.314 e. The van der Waals surface area contributed by atoms with E-state index in [1.807, 2.05) is 43.7 Å². The summed E-state index contributed by atoms with van der Waals surface area (Å²) < 4.78 is 1.99. The van der Waals surface area contributed by atoms with E-state index in [1.165, 1.54) is 0 Å². The van der Waals surface area contributed by atoms with Gasteiger partial charge in [-0.3, -0.25) is 4.98 Å². The second kappa shape index (κ2) is 3.91. The lowest BCUT2D eigenvalue weighted by Gasteiger charge is -2.06. The molecule has 0 amide bonds. The number of hydrogen-bond donors (Lipinski definition) is 0. The molecule has 0 unspecified atom stereocenters. The SMILES string of the molecule is Cc1ccc2c(-c3nnc(C)n3C)cccc2n1. The van der Waals surface area contributed by atoms with Gasteiger partial charge in [-0.1, -0.05) is 18.2 Å². The summed E-state index contributed by atoms with van der Waals surface area (Å²) in [5, 5.41) is 9.46. The molecule has 0 bridgehead atoms. The van der Waals surface area contributed by atoms with E-state index < -0.39 is 0 Å². The zero-order valence-electron chi connectivity index (χ0n) is 10.7. The van der Waals surface area contributed by atoms with E-state index in [-0.39, 0.29) is 0 Å². The fourth-order valence-electron chi connectivity index (χ4n) is 2.09. The Morgan fingerprint density at radius 1 is 1.00 bits per heavy atom. The van der Waals surface area contributed by atoms with E-state index >= 15 is 0 Å². The van der Waals surface area contributed by atoms with Gasteiger partial charge in [0.1, 0.15) is 5.82 Å². The molecule has 90 valence electrons. The standard InChI is InChI=1S/C14H14N4/c1-9-7-8-11-12(5-4-6-13(11)15-9)14-17-16-10(2)18(14)3/h4-8H,1-3H3. The molecule has 0 atom stereocenters. The quantitative estimate of drug-likeness (QED) is 0.654. The molecule has 2 heterocycles. The lowest BCUT2D eigenvalue weighted by molar-refractivity contribution is 0.865. The minimum atomic E-state index is 0.878. The lowest BCUT2D eigenvalue weighted by atomic mass is 10.1. The summed E-state index contributed by atoms with van der Waals surface area (Å²) in [5.41, 5.74) is 3.09. The molecule has 0 saturated heterocycles. The summed E-state index contributed by atoms with van der Waals surface area (Å²) in [6, 6.07) is 10.2. The smallest absolute Gasteiger partial charge is 0.164 e. The first kappa shape index (κ1) is 10.9. The van der Waals surface area contributed by atoms with Crippen LogP contribution in [0.5, 0.6) is 0 Å². The molecule has 4 heteroatoms. The van der Waals surface area contributed by atoms with Crippen LogP contribution in [0.2, 0.25) is 0 Å². The van der Waals surface area contributed by atoms with Crippen LogP contribution in [-0.4, -0.2) is 19.7 Å². The first-order chi connectivity index (χ1) is 8.66. The van der Waals surface area contributed by atoms with Crippen LogP contribution in [0.15, 0.2) is 30.3 Å². The third kappa shape index (κ3) is 1.57. The Morgan fingerprint density at radius 2 is 1.83 bits per heavy atom. The Hall–Kier alpha value is -2.23. The maximum Gasteiger partial charge on any atom is 0.164 e. The van der Waals surface area contributed by atoms with Gasteiger partial charge in [-0.05, 0) is 26.0 Å². The Kier molecular flexibility index (Phi) is 2.37. The number of nitrogens with zero attached hydrogens (tertiary/aromatic N) is 4. The molecule has 0 aliphatic rings. The van der Waals surface area contributed by atoms with Crippen molar-refractivity contribution in [2.45, 2.75) is 13.8 Å². The van der Waals surface area contributed by atoms with Crippen LogP contribution in [-0.2, 0) is 7.05 Å². The van der Waals surface area contributed by atoms with Crippen molar-refractivity contribution in [1.29, 1.82) is 0 Å². The van der Waals surface area contributed by atoms with Crippen LogP contribution in [0, 0.1) is 13.8 Å². The molecular weight excluding hydrogens is 224 g/mol. The molecule has 0 fully saturated rings. The van der Waals surface area contributed by atoms with Gasteiger partial charge in [0.15, 0.2) is 5.82 Å². The topological polar surface area (TPSA) is 43.6 Å². The highest BCUT2D eigenvalue weighted by Crippen LogP contribution is 2.26. The van der Waals surface area contributed by atoms with E-state index in [2.05, 4.69) is 27.3 Å². The van der Waals surface area contributed by atoms with Gasteiger partial charge >= 0.3 is 0 Å². The number of hydrogen-bond acceptors (Lipinski definition) is 3.